The first-order chi connectivity index (χ1) is 8.99. The molecule has 0 saturated heterocycles. The predicted octanol–water partition coefficient (Wildman–Crippen LogP) is -0.324. The number of quaternary nitrogens is 2. The molecule has 1 atom stereocenters. The SMILES string of the molecule is C[C@@H](Cc1ccc(OCCC[NH+](C)C)cc1)[NH+](C)C. The molecule has 0 fully saturated rings. The molecule has 19 heavy (non-hydrogen) atoms. The van der Waals surface area contributed by atoms with Gasteiger partial charge in [-0.3, -0.25) is 0 Å². The van der Waals surface area contributed by atoms with Gasteiger partial charge in [-0.1, -0.05) is 12.1 Å². The predicted molar refractivity (Wildman–Crippen MR) is 80.2 cm³/mol. The Morgan fingerprint density at radius 2 is 1.68 bits per heavy atom. The molecule has 0 aromatic heterocycles. The molecule has 0 aliphatic rings. The van der Waals surface area contributed by atoms with E-state index in [1.165, 1.54) is 15.4 Å². The van der Waals surface area contributed by atoms with Gasteiger partial charge in [0, 0.05) is 12.8 Å². The van der Waals surface area contributed by atoms with Gasteiger partial charge in [0.2, 0.25) is 0 Å². The van der Waals surface area contributed by atoms with Crippen molar-refractivity contribution >= 4 is 0 Å². The normalized spacial score (nSPS) is 13.0. The zero-order valence-corrected chi connectivity index (χ0v) is 13.1. The smallest absolute Gasteiger partial charge is 0.119 e. The van der Waals surface area contributed by atoms with E-state index < -0.39 is 0 Å². The monoisotopic (exact) mass is 266 g/mol. The fraction of sp³-hybridized carbons (Fsp3) is 0.625. The number of ether oxygens (including phenoxy) is 1. The van der Waals surface area contributed by atoms with Crippen LogP contribution in [-0.4, -0.2) is 47.4 Å². The van der Waals surface area contributed by atoms with Crippen molar-refractivity contribution in [1.82, 2.24) is 0 Å². The third-order valence-electron chi connectivity index (χ3n) is 3.54. The van der Waals surface area contributed by atoms with Gasteiger partial charge in [0.15, 0.2) is 0 Å². The van der Waals surface area contributed by atoms with Crippen LogP contribution in [0.2, 0.25) is 0 Å². The van der Waals surface area contributed by atoms with Crippen molar-refractivity contribution in [1.29, 1.82) is 0 Å². The summed E-state index contributed by atoms with van der Waals surface area (Å²) in [4.78, 5) is 2.96. The maximum Gasteiger partial charge on any atom is 0.119 e. The van der Waals surface area contributed by atoms with Gasteiger partial charge in [-0.05, 0) is 24.6 Å². The summed E-state index contributed by atoms with van der Waals surface area (Å²) in [5.41, 5.74) is 1.39. The summed E-state index contributed by atoms with van der Waals surface area (Å²) < 4.78 is 5.75. The first-order valence-corrected chi connectivity index (χ1v) is 7.30. The molecular formula is C16H30N2O+2. The number of rotatable bonds is 8. The molecule has 0 saturated carbocycles. The molecule has 0 spiro atoms. The lowest BCUT2D eigenvalue weighted by Gasteiger charge is -2.17. The molecule has 0 unspecified atom stereocenters. The minimum atomic E-state index is 0.648. The van der Waals surface area contributed by atoms with Gasteiger partial charge < -0.3 is 14.5 Å². The van der Waals surface area contributed by atoms with E-state index in [0.29, 0.717) is 6.04 Å². The van der Waals surface area contributed by atoms with E-state index >= 15 is 0 Å². The highest BCUT2D eigenvalue weighted by Crippen LogP contribution is 2.13. The second-order valence-electron chi connectivity index (χ2n) is 5.99. The summed E-state index contributed by atoms with van der Waals surface area (Å²) in [5, 5.41) is 0. The molecule has 108 valence electrons. The molecule has 0 heterocycles. The molecule has 1 aromatic carbocycles. The van der Waals surface area contributed by atoms with E-state index in [0.717, 1.165) is 31.7 Å². The molecule has 0 radical (unpaired) electrons. The van der Waals surface area contributed by atoms with Gasteiger partial charge in [0.05, 0.1) is 47.4 Å². The van der Waals surface area contributed by atoms with Crippen LogP contribution in [0.25, 0.3) is 0 Å². The number of nitrogens with one attached hydrogen (secondary N) is 2. The second kappa shape index (κ2) is 8.18. The van der Waals surface area contributed by atoms with Gasteiger partial charge in [-0.2, -0.15) is 0 Å². The van der Waals surface area contributed by atoms with E-state index in [1.54, 1.807) is 0 Å². The minimum absolute atomic E-state index is 0.648. The van der Waals surface area contributed by atoms with Crippen LogP contribution < -0.4 is 14.5 Å². The topological polar surface area (TPSA) is 18.1 Å². The van der Waals surface area contributed by atoms with Crippen molar-refractivity contribution in [3.8, 4) is 5.75 Å². The summed E-state index contributed by atoms with van der Waals surface area (Å²) in [5.74, 6) is 0.988. The molecular weight excluding hydrogens is 236 g/mol. The molecule has 3 nitrogen and oxygen atoms in total. The third-order valence-corrected chi connectivity index (χ3v) is 3.54. The lowest BCUT2D eigenvalue weighted by atomic mass is 10.1. The fourth-order valence-electron chi connectivity index (χ4n) is 1.90. The molecule has 3 heteroatoms. The molecule has 2 N–H and O–H groups in total. The highest BCUT2D eigenvalue weighted by Gasteiger charge is 2.08. The van der Waals surface area contributed by atoms with Crippen LogP contribution in [0.3, 0.4) is 0 Å². The summed E-state index contributed by atoms with van der Waals surface area (Å²) in [7, 11) is 8.75. The summed E-state index contributed by atoms with van der Waals surface area (Å²) in [6.45, 7) is 4.24. The van der Waals surface area contributed by atoms with Crippen molar-refractivity contribution in [2.24, 2.45) is 0 Å². The standard InChI is InChI=1S/C16H28N2O/c1-14(18(4)5)13-15-7-9-16(10-8-15)19-12-6-11-17(2)3/h7-10,14H,6,11-13H2,1-5H3/p+2/t14-/m0/s1. The van der Waals surface area contributed by atoms with E-state index in [2.05, 4.69) is 59.4 Å². The lowest BCUT2D eigenvalue weighted by Crippen LogP contribution is -3.09. The Balaban J connectivity index is 2.35. The van der Waals surface area contributed by atoms with Crippen molar-refractivity contribution in [3.63, 3.8) is 0 Å². The lowest BCUT2D eigenvalue weighted by molar-refractivity contribution is -0.883. The summed E-state index contributed by atoms with van der Waals surface area (Å²) in [6.07, 6.45) is 2.22. The van der Waals surface area contributed by atoms with E-state index in [-0.39, 0.29) is 0 Å². The average Bonchev–Trinajstić information content (AvgIpc) is 2.36. The van der Waals surface area contributed by atoms with Crippen LogP contribution in [0.5, 0.6) is 5.75 Å². The van der Waals surface area contributed by atoms with Gasteiger partial charge in [-0.15, -0.1) is 0 Å². The second-order valence-corrected chi connectivity index (χ2v) is 5.99. The zero-order valence-electron chi connectivity index (χ0n) is 13.1. The first kappa shape index (κ1) is 16.0. The van der Waals surface area contributed by atoms with Crippen molar-refractivity contribution in [3.05, 3.63) is 29.8 Å². The molecule has 0 aliphatic carbocycles. The maximum atomic E-state index is 5.75. The van der Waals surface area contributed by atoms with Gasteiger partial charge in [0.25, 0.3) is 0 Å². The van der Waals surface area contributed by atoms with Crippen LogP contribution in [0, 0.1) is 0 Å². The summed E-state index contributed by atoms with van der Waals surface area (Å²) in [6, 6.07) is 9.21. The van der Waals surface area contributed by atoms with Crippen LogP contribution in [0.1, 0.15) is 18.9 Å². The number of hydrogen-bond acceptors (Lipinski definition) is 1. The Bertz CT molecular complexity index is 346. The number of hydrogen-bond donors (Lipinski definition) is 2. The summed E-state index contributed by atoms with van der Waals surface area (Å²) >= 11 is 0. The maximum absolute atomic E-state index is 5.75. The Hall–Kier alpha value is -1.06. The fourth-order valence-corrected chi connectivity index (χ4v) is 1.90. The van der Waals surface area contributed by atoms with Crippen molar-refractivity contribution < 1.29 is 14.5 Å². The van der Waals surface area contributed by atoms with Crippen molar-refractivity contribution in [2.75, 3.05) is 41.3 Å². The Labute approximate surface area is 118 Å². The van der Waals surface area contributed by atoms with Crippen molar-refractivity contribution in [2.45, 2.75) is 25.8 Å². The third kappa shape index (κ3) is 6.60. The van der Waals surface area contributed by atoms with E-state index in [9.17, 15) is 0 Å². The quantitative estimate of drug-likeness (QED) is 0.617. The van der Waals surface area contributed by atoms with E-state index in [1.807, 2.05) is 0 Å². The van der Waals surface area contributed by atoms with Gasteiger partial charge >= 0.3 is 0 Å². The minimum Gasteiger partial charge on any atom is -0.493 e. The first-order valence-electron chi connectivity index (χ1n) is 7.30. The van der Waals surface area contributed by atoms with Crippen LogP contribution >= 0.6 is 0 Å². The largest absolute Gasteiger partial charge is 0.493 e. The van der Waals surface area contributed by atoms with Crippen LogP contribution in [-0.2, 0) is 6.42 Å². The van der Waals surface area contributed by atoms with Crippen LogP contribution in [0.4, 0.5) is 0 Å². The highest BCUT2D eigenvalue weighted by molar-refractivity contribution is 5.27. The van der Waals surface area contributed by atoms with Gasteiger partial charge in [-0.25, -0.2) is 0 Å². The van der Waals surface area contributed by atoms with Gasteiger partial charge in [0.1, 0.15) is 5.75 Å². The number of benzene rings is 1. The Morgan fingerprint density at radius 3 is 2.21 bits per heavy atom. The molecule has 0 bridgehead atoms. The molecule has 1 aromatic rings. The highest BCUT2D eigenvalue weighted by atomic mass is 16.5. The molecule has 1 rings (SSSR count). The van der Waals surface area contributed by atoms with E-state index in [4.69, 9.17) is 4.74 Å². The Kier molecular flexibility index (Phi) is 6.89. The molecule has 0 amide bonds. The zero-order chi connectivity index (χ0) is 14.3. The number of likely N-dealkylation sites (N-methyl/N-ethyl adjacent to an activating group) is 1. The van der Waals surface area contributed by atoms with Crippen LogP contribution in [0.15, 0.2) is 24.3 Å². The molecule has 0 aliphatic heterocycles. The average molecular weight is 266 g/mol. The Morgan fingerprint density at radius 1 is 1.05 bits per heavy atom.